The summed E-state index contributed by atoms with van der Waals surface area (Å²) in [6, 6.07) is 31.0. The molecule has 0 fully saturated rings. The summed E-state index contributed by atoms with van der Waals surface area (Å²) in [6.07, 6.45) is 4.43. The summed E-state index contributed by atoms with van der Waals surface area (Å²) in [4.78, 5) is 0. The molecule has 0 aliphatic rings. The fourth-order valence-corrected chi connectivity index (χ4v) is 4.25. The van der Waals surface area contributed by atoms with Crippen LogP contribution in [0, 0.1) is 13.8 Å². The highest BCUT2D eigenvalue weighted by Gasteiger charge is 2.05. The normalized spacial score (nSPS) is 11.8. The van der Waals surface area contributed by atoms with Crippen molar-refractivity contribution >= 4 is 44.5 Å². The molecule has 134 valence electrons. The van der Waals surface area contributed by atoms with Gasteiger partial charge in [-0.1, -0.05) is 102 Å². The summed E-state index contributed by atoms with van der Waals surface area (Å²) >= 11 is 0. The zero-order valence-electron chi connectivity index (χ0n) is 16.2. The maximum Gasteiger partial charge on any atom is -0.00266 e. The molecule has 0 spiro atoms. The molecule has 0 radical (unpaired) electrons. The predicted octanol–water partition coefficient (Wildman–Crippen LogP) is 7.93. The van der Waals surface area contributed by atoms with E-state index >= 15 is 0 Å². The molecule has 0 atom stereocenters. The quantitative estimate of drug-likeness (QED) is 0.222. The van der Waals surface area contributed by atoms with Crippen LogP contribution in [0.3, 0.4) is 0 Å². The lowest BCUT2D eigenvalue weighted by atomic mass is 9.95. The van der Waals surface area contributed by atoms with E-state index in [1.54, 1.807) is 0 Å². The number of hydrogen-bond acceptors (Lipinski definition) is 0. The zero-order valence-corrected chi connectivity index (χ0v) is 16.2. The van der Waals surface area contributed by atoms with E-state index in [0.29, 0.717) is 0 Å². The number of aryl methyl sites for hydroxylation is 2. The third-order valence-corrected chi connectivity index (χ3v) is 5.46. The van der Waals surface area contributed by atoms with Crippen molar-refractivity contribution in [1.82, 2.24) is 0 Å². The highest BCUT2D eigenvalue weighted by molar-refractivity contribution is 6.20. The van der Waals surface area contributed by atoms with E-state index in [0.717, 1.165) is 0 Å². The second kappa shape index (κ2) is 6.65. The summed E-state index contributed by atoms with van der Waals surface area (Å²) < 4.78 is 0. The van der Waals surface area contributed by atoms with Gasteiger partial charge >= 0.3 is 0 Å². The minimum absolute atomic E-state index is 1.23. The van der Waals surface area contributed by atoms with Crippen molar-refractivity contribution in [2.75, 3.05) is 0 Å². The first-order valence-corrected chi connectivity index (χ1v) is 9.78. The maximum atomic E-state index is 2.32. The first-order valence-electron chi connectivity index (χ1n) is 9.78. The average Bonchev–Trinajstić information content (AvgIpc) is 2.71. The van der Waals surface area contributed by atoms with Crippen LogP contribution in [0.25, 0.3) is 44.5 Å². The van der Waals surface area contributed by atoms with E-state index < -0.39 is 0 Å². The van der Waals surface area contributed by atoms with Gasteiger partial charge in [0.05, 0.1) is 0 Å². The van der Waals surface area contributed by atoms with E-state index in [-0.39, 0.29) is 0 Å². The van der Waals surface area contributed by atoms with Crippen LogP contribution in [0.15, 0.2) is 84.9 Å². The molecule has 0 N–H and O–H groups in total. The van der Waals surface area contributed by atoms with E-state index in [1.807, 2.05) is 0 Å². The van der Waals surface area contributed by atoms with Crippen LogP contribution < -0.4 is 0 Å². The molecule has 0 saturated carbocycles. The van der Waals surface area contributed by atoms with Crippen LogP contribution >= 0.6 is 0 Å². The summed E-state index contributed by atoms with van der Waals surface area (Å²) in [7, 11) is 0. The number of benzene rings is 5. The van der Waals surface area contributed by atoms with Gasteiger partial charge in [-0.05, 0) is 63.4 Å². The van der Waals surface area contributed by atoms with Gasteiger partial charge in [-0.2, -0.15) is 0 Å². The third-order valence-electron chi connectivity index (χ3n) is 5.46. The van der Waals surface area contributed by atoms with Gasteiger partial charge in [-0.3, -0.25) is 0 Å². The predicted molar refractivity (Wildman–Crippen MR) is 124 cm³/mol. The Balaban J connectivity index is 1.70. The lowest BCUT2D eigenvalue weighted by Gasteiger charge is -2.09. The highest BCUT2D eigenvalue weighted by Crippen LogP contribution is 2.33. The molecule has 0 nitrogen and oxygen atoms in total. The Morgan fingerprint density at radius 3 is 1.89 bits per heavy atom. The first-order chi connectivity index (χ1) is 13.7. The van der Waals surface area contributed by atoms with E-state index in [2.05, 4.69) is 111 Å². The van der Waals surface area contributed by atoms with Crippen LogP contribution in [-0.4, -0.2) is 0 Å². The minimum atomic E-state index is 1.23. The minimum Gasteiger partial charge on any atom is -0.0616 e. The van der Waals surface area contributed by atoms with Gasteiger partial charge in [0.1, 0.15) is 0 Å². The SMILES string of the molecule is Cc1cc(C)cc(/C=C\c2ccc3ccc4ccc5ccccc5c4c3c2)c1. The van der Waals surface area contributed by atoms with Crippen LogP contribution in [0.4, 0.5) is 0 Å². The molecular weight excluding hydrogens is 336 g/mol. The van der Waals surface area contributed by atoms with Gasteiger partial charge in [0.2, 0.25) is 0 Å². The summed E-state index contributed by atoms with van der Waals surface area (Å²) in [5.74, 6) is 0. The van der Waals surface area contributed by atoms with E-state index in [9.17, 15) is 0 Å². The molecule has 5 rings (SSSR count). The van der Waals surface area contributed by atoms with Crippen LogP contribution in [0.2, 0.25) is 0 Å². The molecule has 0 aliphatic carbocycles. The molecule has 5 aromatic carbocycles. The van der Waals surface area contributed by atoms with E-state index in [4.69, 9.17) is 0 Å². The molecule has 0 aromatic heterocycles. The molecule has 0 aliphatic heterocycles. The molecule has 5 aromatic rings. The van der Waals surface area contributed by atoms with E-state index in [1.165, 1.54) is 54.6 Å². The molecule has 0 heteroatoms. The molecule has 0 amide bonds. The Bertz CT molecular complexity index is 1340. The van der Waals surface area contributed by atoms with Crippen molar-refractivity contribution in [2.24, 2.45) is 0 Å². The number of rotatable bonds is 2. The van der Waals surface area contributed by atoms with Gasteiger partial charge in [-0.15, -0.1) is 0 Å². The topological polar surface area (TPSA) is 0 Å². The molecule has 28 heavy (non-hydrogen) atoms. The van der Waals surface area contributed by atoms with Gasteiger partial charge in [-0.25, -0.2) is 0 Å². The second-order valence-corrected chi connectivity index (χ2v) is 7.69. The molecule has 0 heterocycles. The van der Waals surface area contributed by atoms with Crippen molar-refractivity contribution in [3.63, 3.8) is 0 Å². The monoisotopic (exact) mass is 358 g/mol. The Labute approximate surface area is 165 Å². The molecule has 0 bridgehead atoms. The summed E-state index contributed by atoms with van der Waals surface area (Å²) in [6.45, 7) is 4.30. The Kier molecular flexibility index (Phi) is 3.98. The second-order valence-electron chi connectivity index (χ2n) is 7.69. The zero-order chi connectivity index (χ0) is 19.1. The molecule has 0 unspecified atom stereocenters. The van der Waals surface area contributed by atoms with Crippen LogP contribution in [0.1, 0.15) is 22.3 Å². The average molecular weight is 358 g/mol. The summed E-state index contributed by atoms with van der Waals surface area (Å²) in [5.41, 5.74) is 5.08. The van der Waals surface area contributed by atoms with Gasteiger partial charge < -0.3 is 0 Å². The van der Waals surface area contributed by atoms with Gasteiger partial charge in [0.15, 0.2) is 0 Å². The Morgan fingerprint density at radius 2 is 1.11 bits per heavy atom. The largest absolute Gasteiger partial charge is 0.0616 e. The number of fused-ring (bicyclic) bond motifs is 5. The lowest BCUT2D eigenvalue weighted by Crippen LogP contribution is -1.83. The van der Waals surface area contributed by atoms with Gasteiger partial charge in [0, 0.05) is 0 Å². The van der Waals surface area contributed by atoms with Crippen molar-refractivity contribution in [3.05, 3.63) is 107 Å². The van der Waals surface area contributed by atoms with Crippen LogP contribution in [0.5, 0.6) is 0 Å². The lowest BCUT2D eigenvalue weighted by molar-refractivity contribution is 1.37. The summed E-state index contributed by atoms with van der Waals surface area (Å²) in [5, 5.41) is 7.85. The maximum absolute atomic E-state index is 2.32. The fourth-order valence-electron chi connectivity index (χ4n) is 4.25. The standard InChI is InChI=1S/C28H22/c1-19-15-20(2)17-22(16-19)8-7-21-9-10-24-12-14-25-13-11-23-5-3-4-6-26(23)28(25)27(24)18-21/h3-18H,1-2H3/b8-7-. The van der Waals surface area contributed by atoms with Crippen molar-refractivity contribution < 1.29 is 0 Å². The third kappa shape index (κ3) is 2.97. The van der Waals surface area contributed by atoms with Crippen LogP contribution in [-0.2, 0) is 0 Å². The molecular formula is C28H22. The van der Waals surface area contributed by atoms with Gasteiger partial charge in [0.25, 0.3) is 0 Å². The highest BCUT2D eigenvalue weighted by atomic mass is 14.1. The Hall–Kier alpha value is -3.38. The smallest absolute Gasteiger partial charge is 0.00266 e. The number of hydrogen-bond donors (Lipinski definition) is 0. The van der Waals surface area contributed by atoms with Crippen molar-refractivity contribution in [3.8, 4) is 0 Å². The Morgan fingerprint density at radius 1 is 0.500 bits per heavy atom. The first kappa shape index (κ1) is 16.8. The van der Waals surface area contributed by atoms with Crippen molar-refractivity contribution in [1.29, 1.82) is 0 Å². The fraction of sp³-hybridized carbons (Fsp3) is 0.0714. The van der Waals surface area contributed by atoms with Crippen molar-refractivity contribution in [2.45, 2.75) is 13.8 Å². The molecule has 0 saturated heterocycles.